The fraction of sp³-hybridized carbons (Fsp3) is 0.790. The zero-order chi connectivity index (χ0) is 71.1. The maximum atomic E-state index is 15.0. The van der Waals surface area contributed by atoms with Gasteiger partial charge in [-0.05, 0) is 58.8 Å². The number of carboxylic acids is 2. The molecule has 0 aliphatic carbocycles. The number of aliphatic hydroxyl groups is 7. The highest BCUT2D eigenvalue weighted by Crippen LogP contribution is 2.25. The van der Waals surface area contributed by atoms with Gasteiger partial charge in [-0.15, -0.1) is 0 Å². The second-order valence-electron chi connectivity index (χ2n) is 24.9. The molecule has 540 valence electrons. The molecule has 33 nitrogen and oxygen atoms in total. The van der Waals surface area contributed by atoms with Gasteiger partial charge in [0.15, 0.2) is 24.2 Å². The molecule has 9 amide bonds. The van der Waals surface area contributed by atoms with Crippen molar-refractivity contribution in [2.75, 3.05) is 26.2 Å². The number of esters is 1. The Labute approximate surface area is 553 Å². The average molecular weight is 1360 g/mol. The summed E-state index contributed by atoms with van der Waals surface area (Å²) in [6.45, 7) is 3.86. The third-order valence-electron chi connectivity index (χ3n) is 17.1. The van der Waals surface area contributed by atoms with Gasteiger partial charge in [0.1, 0.15) is 48.4 Å². The van der Waals surface area contributed by atoms with E-state index in [1.54, 1.807) is 0 Å². The van der Waals surface area contributed by atoms with E-state index in [4.69, 9.17) is 16.2 Å². The number of aliphatic hydroxyl groups excluding tert-OH is 7. The van der Waals surface area contributed by atoms with Crippen LogP contribution >= 0.6 is 0 Å². The fourth-order valence-electron chi connectivity index (χ4n) is 11.8. The molecule has 0 bridgehead atoms. The number of carboxylic acid groups (broad SMARTS) is 2. The molecule has 15 atom stereocenters. The van der Waals surface area contributed by atoms with Crippen molar-refractivity contribution < 1.29 is 108 Å². The number of aliphatic imine (C=N–C) groups is 1. The van der Waals surface area contributed by atoms with Crippen LogP contribution in [0.15, 0.2) is 4.99 Å². The van der Waals surface area contributed by atoms with E-state index in [0.717, 1.165) is 102 Å². The Balaban J connectivity index is 2.28. The quantitative estimate of drug-likeness (QED) is 0.0141. The predicted octanol–water partition coefficient (Wildman–Crippen LogP) is -2.70. The normalized spacial score (nSPS) is 26.3. The van der Waals surface area contributed by atoms with Crippen LogP contribution in [0.2, 0.25) is 0 Å². The van der Waals surface area contributed by atoms with Gasteiger partial charge in [-0.25, -0.2) is 14.4 Å². The number of hydrogen-bond acceptors (Lipinski definition) is 21. The number of nitrogens with one attached hydrogen (secondary N) is 5. The van der Waals surface area contributed by atoms with Crippen LogP contribution in [0.25, 0.3) is 0 Å². The van der Waals surface area contributed by atoms with Gasteiger partial charge in [0.25, 0.3) is 0 Å². The first-order chi connectivity index (χ1) is 45.0. The van der Waals surface area contributed by atoms with Crippen LogP contribution in [-0.4, -0.2) is 255 Å². The van der Waals surface area contributed by atoms with E-state index >= 15 is 4.79 Å². The van der Waals surface area contributed by atoms with Gasteiger partial charge < -0.3 is 98.5 Å². The Morgan fingerprint density at radius 2 is 1.06 bits per heavy atom. The van der Waals surface area contributed by atoms with Crippen molar-refractivity contribution in [2.24, 2.45) is 16.5 Å². The highest BCUT2D eigenvalue weighted by atomic mass is 16.5. The lowest BCUT2D eigenvalue weighted by Crippen LogP contribution is -2.64. The van der Waals surface area contributed by atoms with E-state index in [2.05, 4.69) is 29.5 Å². The predicted molar refractivity (Wildman–Crippen MR) is 338 cm³/mol. The van der Waals surface area contributed by atoms with Crippen LogP contribution in [0.4, 0.5) is 0 Å². The van der Waals surface area contributed by atoms with Crippen molar-refractivity contribution in [1.29, 1.82) is 0 Å². The van der Waals surface area contributed by atoms with Gasteiger partial charge in [-0.1, -0.05) is 123 Å². The largest absolute Gasteiger partial charge is 0.479 e. The van der Waals surface area contributed by atoms with Crippen LogP contribution in [0.3, 0.4) is 0 Å². The highest BCUT2D eigenvalue weighted by molar-refractivity contribution is 6.03. The lowest BCUT2D eigenvalue weighted by atomic mass is 10.0. The van der Waals surface area contributed by atoms with Crippen molar-refractivity contribution in [3.8, 4) is 0 Å². The Kier molecular flexibility index (Phi) is 36.6. The molecule has 3 saturated heterocycles. The van der Waals surface area contributed by atoms with Gasteiger partial charge in [-0.3, -0.25) is 53.0 Å². The van der Waals surface area contributed by atoms with Crippen molar-refractivity contribution in [1.82, 2.24) is 41.3 Å². The number of nitrogens with zero attached hydrogens (tertiary/aromatic N) is 4. The first-order valence-electron chi connectivity index (χ1n) is 33.4. The summed E-state index contributed by atoms with van der Waals surface area (Å²) in [6, 6.07) is -17.2. The van der Waals surface area contributed by atoms with Gasteiger partial charge in [-0.2, -0.15) is 0 Å². The lowest BCUT2D eigenvalue weighted by Gasteiger charge is -2.34. The molecule has 0 aromatic carbocycles. The lowest BCUT2D eigenvalue weighted by molar-refractivity contribution is -0.167. The Bertz CT molecular complexity index is 2580. The second kappa shape index (κ2) is 42.4. The summed E-state index contributed by atoms with van der Waals surface area (Å²) in [5.41, 5.74) is 10.9. The summed E-state index contributed by atoms with van der Waals surface area (Å²) in [7, 11) is 0. The number of amides is 9. The number of rotatable bonds is 32. The van der Waals surface area contributed by atoms with E-state index in [1.165, 1.54) is 0 Å². The first-order valence-corrected chi connectivity index (χ1v) is 33.4. The van der Waals surface area contributed by atoms with Crippen LogP contribution in [0, 0.1) is 0 Å². The number of carbonyl (C=O) groups is 12. The topological polar surface area (TPSA) is 530 Å². The monoisotopic (exact) mass is 1360 g/mol. The minimum Gasteiger partial charge on any atom is -0.479 e. The number of ether oxygens (including phenoxy) is 1. The number of imide groups is 1. The molecule has 0 aromatic rings. The minimum absolute atomic E-state index is 0.0646. The minimum atomic E-state index is -2.86. The van der Waals surface area contributed by atoms with E-state index in [1.807, 2.05) is 16.0 Å². The van der Waals surface area contributed by atoms with Crippen molar-refractivity contribution in [2.45, 2.75) is 286 Å². The number of hydrogen-bond donors (Lipinski definition) is 16. The van der Waals surface area contributed by atoms with Gasteiger partial charge in [0, 0.05) is 19.6 Å². The maximum absolute atomic E-state index is 15.0. The van der Waals surface area contributed by atoms with E-state index in [-0.39, 0.29) is 51.2 Å². The smallest absolute Gasteiger partial charge is 0.335 e. The Morgan fingerprint density at radius 3 is 1.57 bits per heavy atom. The maximum Gasteiger partial charge on any atom is 0.335 e. The zero-order valence-electron chi connectivity index (χ0n) is 55.1. The summed E-state index contributed by atoms with van der Waals surface area (Å²) >= 11 is 0. The fourth-order valence-corrected chi connectivity index (χ4v) is 11.8. The van der Waals surface area contributed by atoms with E-state index in [9.17, 15) is 98.7 Å². The van der Waals surface area contributed by atoms with Crippen LogP contribution in [0.1, 0.15) is 195 Å². The SMILES string of the molecule is CCCCCCCCCCCC(O)CC(=O)N1C(=O)CC(CCCCCCCCCCC)OC(=O)[C@H]([C@H](O)C(=O)O)NC(=O)[C@@H]2[C@@H](O)CCN2C(=O)C(CO)NC(=O)[C@@H]([C@@H](O)C(=O)O)NC(=O)C(CCCN=C(N)N)NC(=O)[C@@H]2[C@@H](O)CCN2C(=O)[C@@H](C)NC(=O)C1[C@@H](C)O. The highest BCUT2D eigenvalue weighted by Gasteiger charge is 2.49. The molecule has 95 heavy (non-hydrogen) atoms. The Morgan fingerprint density at radius 1 is 0.589 bits per heavy atom. The van der Waals surface area contributed by atoms with Crippen molar-refractivity contribution in [3.05, 3.63) is 0 Å². The molecule has 3 aliphatic heterocycles. The molecule has 0 radical (unpaired) electrons. The molecule has 18 N–H and O–H groups in total. The number of unbranched alkanes of at least 4 members (excludes halogenated alkanes) is 16. The second-order valence-corrected chi connectivity index (χ2v) is 24.9. The summed E-state index contributed by atoms with van der Waals surface area (Å²) in [4.78, 5) is 175. The molecular weight excluding hydrogens is 1250 g/mol. The summed E-state index contributed by atoms with van der Waals surface area (Å²) in [5.74, 6) is -18.5. The molecule has 3 rings (SSSR count). The molecule has 5 unspecified atom stereocenters. The van der Waals surface area contributed by atoms with Gasteiger partial charge in [0.2, 0.25) is 53.2 Å². The Hall–Kier alpha value is -7.17. The number of nitrogens with two attached hydrogens (primary N) is 2. The number of fused-ring (bicyclic) bond motifs is 2. The molecule has 0 aromatic heterocycles. The van der Waals surface area contributed by atoms with Crippen molar-refractivity contribution >= 4 is 77.0 Å². The molecule has 0 spiro atoms. The van der Waals surface area contributed by atoms with Gasteiger partial charge >= 0.3 is 17.9 Å². The molecule has 3 heterocycles. The molecular formula is C62H105N11O22. The van der Waals surface area contributed by atoms with Crippen LogP contribution < -0.4 is 38.1 Å². The number of aliphatic carboxylic acids is 2. The first kappa shape index (κ1) is 82.1. The average Bonchev–Trinajstić information content (AvgIpc) is 1.76. The summed E-state index contributed by atoms with van der Waals surface area (Å²) < 4.78 is 5.75. The molecule has 3 fully saturated rings. The summed E-state index contributed by atoms with van der Waals surface area (Å²) in [6.07, 6.45) is -2.16. The van der Waals surface area contributed by atoms with Crippen LogP contribution in [0.5, 0.6) is 0 Å². The number of cyclic esters (lactones) is 1. The number of guanidine groups is 1. The summed E-state index contributed by atoms with van der Waals surface area (Å²) in [5, 5.41) is 108. The third kappa shape index (κ3) is 26.4. The van der Waals surface area contributed by atoms with Crippen molar-refractivity contribution in [3.63, 3.8) is 0 Å². The molecule has 3 aliphatic rings. The third-order valence-corrected chi connectivity index (χ3v) is 17.1. The van der Waals surface area contributed by atoms with E-state index in [0.29, 0.717) is 35.5 Å². The van der Waals surface area contributed by atoms with E-state index < -0.39 is 201 Å². The zero-order valence-corrected chi connectivity index (χ0v) is 55.1. The standard InChI is InChI=1S/C62H105N11O22/c1-5-7-9-11-13-15-17-19-21-24-37(76)32-43(79)73-44(80)33-38(25-22-20-18-16-14-12-10-8-6-2)95-61(94)46(51(82)60(92)93)70-56(87)49-42(78)28-31-72(49)58(89)40(34-74)68-53(84)45(50(81)59(90)91)69-52(83)39(26-23-29-65-62(63)64)67-55(86)48-41(77)27-30-71(48)57(88)35(3)66-54(85)47(73)36(4)75/h35-42,45-51,74-78,81-82H,5-34H2,1-4H3,(H,66,85)(H,67,86)(H,68,84)(H,69,83)(H,70,87)(H,90,91)(H,92,93)(H4,63,64,65)/t35-,36-,37?,38?,39?,40?,41+,42+,45-,46+,47?,48+,49+,50-,51+/m1/s1. The van der Waals surface area contributed by atoms with Gasteiger partial charge in [0.05, 0.1) is 43.9 Å². The van der Waals surface area contributed by atoms with Crippen LogP contribution in [-0.2, 0) is 62.3 Å². The molecule has 0 saturated carbocycles. The molecule has 33 heteroatoms. The number of carbonyl (C=O) groups excluding carboxylic acids is 10.